The number of carbonyl (C=O) groups is 1. The standard InChI is InChI=1S/C15H21N3OS/c1-11-5-3-6-12(2)18(11)17-15(19)14-13(7-4-9-16)8-10-20-14/h8,10-12H,3,5-6,9,16H2,1-2H3,(H,17,19). The van der Waals surface area contributed by atoms with E-state index >= 15 is 0 Å². The summed E-state index contributed by atoms with van der Waals surface area (Å²) in [4.78, 5) is 13.1. The van der Waals surface area contributed by atoms with E-state index in [0.717, 1.165) is 18.4 Å². The van der Waals surface area contributed by atoms with E-state index in [1.165, 1.54) is 17.8 Å². The van der Waals surface area contributed by atoms with E-state index in [1.54, 1.807) is 0 Å². The molecule has 5 heteroatoms. The minimum absolute atomic E-state index is 0.0677. The summed E-state index contributed by atoms with van der Waals surface area (Å²) in [5.41, 5.74) is 9.18. The van der Waals surface area contributed by atoms with Crippen LogP contribution in [-0.4, -0.2) is 29.5 Å². The number of hydrazine groups is 1. The number of thiophene rings is 1. The molecule has 20 heavy (non-hydrogen) atoms. The van der Waals surface area contributed by atoms with Crippen molar-refractivity contribution in [2.75, 3.05) is 6.54 Å². The Morgan fingerprint density at radius 3 is 2.85 bits per heavy atom. The van der Waals surface area contributed by atoms with Crippen LogP contribution < -0.4 is 11.2 Å². The van der Waals surface area contributed by atoms with Crippen LogP contribution in [0.2, 0.25) is 0 Å². The van der Waals surface area contributed by atoms with Crippen molar-refractivity contribution >= 4 is 17.2 Å². The molecule has 1 aliphatic rings. The maximum Gasteiger partial charge on any atom is 0.276 e. The lowest BCUT2D eigenvalue weighted by Crippen LogP contribution is -2.54. The highest BCUT2D eigenvalue weighted by Gasteiger charge is 2.27. The molecule has 1 aromatic heterocycles. The van der Waals surface area contributed by atoms with E-state index in [1.807, 2.05) is 11.4 Å². The van der Waals surface area contributed by atoms with E-state index in [2.05, 4.69) is 36.1 Å². The number of piperidine rings is 1. The van der Waals surface area contributed by atoms with Gasteiger partial charge in [-0.3, -0.25) is 10.2 Å². The van der Waals surface area contributed by atoms with Gasteiger partial charge in [-0.2, -0.15) is 0 Å². The van der Waals surface area contributed by atoms with Crippen LogP contribution in [0.5, 0.6) is 0 Å². The predicted molar refractivity (Wildman–Crippen MR) is 82.3 cm³/mol. The summed E-state index contributed by atoms with van der Waals surface area (Å²) in [6, 6.07) is 2.62. The summed E-state index contributed by atoms with van der Waals surface area (Å²) in [6.45, 7) is 4.61. The van der Waals surface area contributed by atoms with Gasteiger partial charge in [-0.25, -0.2) is 5.01 Å². The molecular formula is C15H21N3OS. The number of amides is 1. The lowest BCUT2D eigenvalue weighted by Gasteiger charge is -2.38. The van der Waals surface area contributed by atoms with Gasteiger partial charge >= 0.3 is 0 Å². The Morgan fingerprint density at radius 2 is 2.20 bits per heavy atom. The number of hydrogen-bond acceptors (Lipinski definition) is 4. The van der Waals surface area contributed by atoms with Crippen LogP contribution in [0.25, 0.3) is 0 Å². The Morgan fingerprint density at radius 1 is 1.50 bits per heavy atom. The lowest BCUT2D eigenvalue weighted by molar-refractivity contribution is 0.0372. The van der Waals surface area contributed by atoms with Gasteiger partial charge in [-0.15, -0.1) is 11.3 Å². The van der Waals surface area contributed by atoms with Gasteiger partial charge in [-0.1, -0.05) is 18.3 Å². The van der Waals surface area contributed by atoms with Crippen LogP contribution in [-0.2, 0) is 0 Å². The van der Waals surface area contributed by atoms with E-state index < -0.39 is 0 Å². The number of nitrogens with one attached hydrogen (secondary N) is 1. The first kappa shape index (κ1) is 15.0. The average molecular weight is 291 g/mol. The van der Waals surface area contributed by atoms with Gasteiger partial charge in [-0.05, 0) is 38.1 Å². The summed E-state index contributed by atoms with van der Waals surface area (Å²) >= 11 is 1.42. The number of nitrogens with two attached hydrogens (primary N) is 1. The first-order chi connectivity index (χ1) is 9.63. The zero-order chi connectivity index (χ0) is 14.5. The smallest absolute Gasteiger partial charge is 0.276 e. The minimum Gasteiger partial charge on any atom is -0.320 e. The highest BCUT2D eigenvalue weighted by Crippen LogP contribution is 2.22. The third kappa shape index (κ3) is 3.40. The van der Waals surface area contributed by atoms with Gasteiger partial charge < -0.3 is 5.73 Å². The number of carbonyl (C=O) groups excluding carboxylic acids is 1. The molecule has 1 fully saturated rings. The molecule has 2 heterocycles. The summed E-state index contributed by atoms with van der Waals surface area (Å²) < 4.78 is 0. The second-order valence-electron chi connectivity index (χ2n) is 5.15. The van der Waals surface area contributed by atoms with Crippen LogP contribution in [0.1, 0.15) is 48.3 Å². The third-order valence-electron chi connectivity index (χ3n) is 3.62. The Bertz CT molecular complexity index is 519. The number of rotatable bonds is 2. The zero-order valence-electron chi connectivity index (χ0n) is 12.0. The fourth-order valence-electron chi connectivity index (χ4n) is 2.54. The molecule has 0 spiro atoms. The van der Waals surface area contributed by atoms with Crippen LogP contribution in [0.3, 0.4) is 0 Å². The van der Waals surface area contributed by atoms with E-state index in [9.17, 15) is 4.79 Å². The monoisotopic (exact) mass is 291 g/mol. The normalized spacial score (nSPS) is 22.9. The summed E-state index contributed by atoms with van der Waals surface area (Å²) in [7, 11) is 0. The van der Waals surface area contributed by atoms with Crippen molar-refractivity contribution in [3.05, 3.63) is 21.9 Å². The fourth-order valence-corrected chi connectivity index (χ4v) is 3.28. The zero-order valence-corrected chi connectivity index (χ0v) is 12.8. The molecule has 0 radical (unpaired) electrons. The van der Waals surface area contributed by atoms with Gasteiger partial charge in [0, 0.05) is 17.6 Å². The highest BCUT2D eigenvalue weighted by molar-refractivity contribution is 7.12. The highest BCUT2D eigenvalue weighted by atomic mass is 32.1. The summed E-state index contributed by atoms with van der Waals surface area (Å²) in [5, 5.41) is 3.96. The van der Waals surface area contributed by atoms with E-state index in [4.69, 9.17) is 5.73 Å². The SMILES string of the molecule is CC1CCCC(C)N1NC(=O)c1sccc1C#CCN. The molecule has 0 aromatic carbocycles. The first-order valence-electron chi connectivity index (χ1n) is 6.99. The van der Waals surface area contributed by atoms with Gasteiger partial charge in [0.2, 0.25) is 0 Å². The molecule has 2 atom stereocenters. The molecule has 4 nitrogen and oxygen atoms in total. The molecule has 2 rings (SSSR count). The summed E-state index contributed by atoms with van der Waals surface area (Å²) in [5.74, 6) is 5.68. The van der Waals surface area contributed by atoms with Crippen molar-refractivity contribution in [3.8, 4) is 11.8 Å². The number of nitrogens with zero attached hydrogens (tertiary/aromatic N) is 1. The van der Waals surface area contributed by atoms with E-state index in [0.29, 0.717) is 23.5 Å². The molecule has 2 unspecified atom stereocenters. The van der Waals surface area contributed by atoms with Crippen LogP contribution >= 0.6 is 11.3 Å². The van der Waals surface area contributed by atoms with Gasteiger partial charge in [0.25, 0.3) is 5.91 Å². The maximum atomic E-state index is 12.4. The summed E-state index contributed by atoms with van der Waals surface area (Å²) in [6.07, 6.45) is 3.46. The van der Waals surface area contributed by atoms with Crippen LogP contribution in [0.15, 0.2) is 11.4 Å². The molecule has 0 bridgehead atoms. The van der Waals surface area contributed by atoms with Crippen molar-refractivity contribution in [1.82, 2.24) is 10.4 Å². The fraction of sp³-hybridized carbons (Fsp3) is 0.533. The van der Waals surface area contributed by atoms with Crippen molar-refractivity contribution in [2.24, 2.45) is 5.73 Å². The molecule has 108 valence electrons. The van der Waals surface area contributed by atoms with Crippen molar-refractivity contribution < 1.29 is 4.79 Å². The largest absolute Gasteiger partial charge is 0.320 e. The minimum atomic E-state index is -0.0677. The van der Waals surface area contributed by atoms with Crippen LogP contribution in [0.4, 0.5) is 0 Å². The van der Waals surface area contributed by atoms with Crippen molar-refractivity contribution in [3.63, 3.8) is 0 Å². The molecule has 0 aliphatic carbocycles. The van der Waals surface area contributed by atoms with E-state index in [-0.39, 0.29) is 5.91 Å². The molecule has 1 saturated heterocycles. The lowest BCUT2D eigenvalue weighted by atomic mass is 10.00. The number of hydrogen-bond donors (Lipinski definition) is 2. The predicted octanol–water partition coefficient (Wildman–Crippen LogP) is 1.97. The Balaban J connectivity index is 2.10. The van der Waals surface area contributed by atoms with Gasteiger partial charge in [0.15, 0.2) is 0 Å². The molecule has 3 N–H and O–H groups in total. The first-order valence-corrected chi connectivity index (χ1v) is 7.87. The maximum absolute atomic E-state index is 12.4. The Kier molecular flexibility index (Phi) is 5.18. The quantitative estimate of drug-likeness (QED) is 0.819. The average Bonchev–Trinajstić information content (AvgIpc) is 2.89. The molecule has 1 aliphatic heterocycles. The van der Waals surface area contributed by atoms with Crippen molar-refractivity contribution in [1.29, 1.82) is 0 Å². The molecular weight excluding hydrogens is 270 g/mol. The van der Waals surface area contributed by atoms with Crippen molar-refractivity contribution in [2.45, 2.75) is 45.2 Å². The molecule has 1 aromatic rings. The molecule has 1 amide bonds. The Labute approximate surface area is 124 Å². The van der Waals surface area contributed by atoms with Gasteiger partial charge in [0.05, 0.1) is 6.54 Å². The third-order valence-corrected chi connectivity index (χ3v) is 4.53. The van der Waals surface area contributed by atoms with Gasteiger partial charge in [0.1, 0.15) is 4.88 Å². The second kappa shape index (κ2) is 6.89. The Hall–Kier alpha value is -1.35. The topological polar surface area (TPSA) is 58.4 Å². The molecule has 0 saturated carbocycles. The second-order valence-corrected chi connectivity index (χ2v) is 6.06. The van der Waals surface area contributed by atoms with Crippen LogP contribution in [0, 0.1) is 11.8 Å².